The predicted molar refractivity (Wildman–Crippen MR) is 80.2 cm³/mol. The Kier molecular flexibility index (Phi) is 6.91. The molecule has 1 unspecified atom stereocenters. The van der Waals surface area contributed by atoms with Gasteiger partial charge in [-0.15, -0.1) is 0 Å². The van der Waals surface area contributed by atoms with Gasteiger partial charge in [0, 0.05) is 12.5 Å². The van der Waals surface area contributed by atoms with E-state index in [1.165, 1.54) is 0 Å². The normalized spacial score (nSPS) is 11.9. The van der Waals surface area contributed by atoms with Gasteiger partial charge in [-0.25, -0.2) is 0 Å². The fourth-order valence-electron chi connectivity index (χ4n) is 2.41. The highest BCUT2D eigenvalue weighted by molar-refractivity contribution is 5.75. The maximum Gasteiger partial charge on any atom is 0.218 e. The molecule has 20 heavy (non-hydrogen) atoms. The lowest BCUT2D eigenvalue weighted by molar-refractivity contribution is -0.118. The van der Waals surface area contributed by atoms with E-state index in [4.69, 9.17) is 15.2 Å². The first kappa shape index (κ1) is 16.3. The number of hydrogen-bond donors (Lipinski definition) is 1. The van der Waals surface area contributed by atoms with Crippen molar-refractivity contribution in [3.05, 3.63) is 23.8 Å². The molecule has 2 N–H and O–H groups in total. The Balaban J connectivity index is 2.95. The van der Waals surface area contributed by atoms with Crippen LogP contribution in [0.3, 0.4) is 0 Å². The number of nitrogens with two attached hydrogens (primary N) is 1. The lowest BCUT2D eigenvalue weighted by Crippen LogP contribution is -2.16. The maximum atomic E-state index is 11.3. The number of unbranched alkanes of at least 4 members (excludes halogenated alkanes) is 2. The van der Waals surface area contributed by atoms with Crippen molar-refractivity contribution in [1.29, 1.82) is 0 Å². The van der Waals surface area contributed by atoms with Gasteiger partial charge in [-0.05, 0) is 24.0 Å². The molecule has 1 amide bonds. The number of methoxy groups -OCH3 is 2. The number of benzene rings is 1. The molecule has 0 spiro atoms. The average molecular weight is 279 g/mol. The lowest BCUT2D eigenvalue weighted by atomic mass is 9.89. The molecule has 0 aliphatic carbocycles. The molecule has 0 fully saturated rings. The van der Waals surface area contributed by atoms with E-state index in [1.54, 1.807) is 14.2 Å². The third kappa shape index (κ3) is 4.76. The van der Waals surface area contributed by atoms with Gasteiger partial charge in [-0.2, -0.15) is 0 Å². The molecule has 112 valence electrons. The van der Waals surface area contributed by atoms with E-state index in [-0.39, 0.29) is 11.8 Å². The second-order valence-corrected chi connectivity index (χ2v) is 4.97. The van der Waals surface area contributed by atoms with Crippen molar-refractivity contribution in [2.45, 2.75) is 44.9 Å². The molecule has 1 rings (SSSR count). The third-order valence-corrected chi connectivity index (χ3v) is 3.48. The number of amides is 1. The van der Waals surface area contributed by atoms with Gasteiger partial charge in [0.15, 0.2) is 0 Å². The van der Waals surface area contributed by atoms with Crippen LogP contribution in [-0.4, -0.2) is 20.1 Å². The number of primary amides is 1. The van der Waals surface area contributed by atoms with Gasteiger partial charge in [0.05, 0.1) is 14.2 Å². The first-order chi connectivity index (χ1) is 9.62. The molecular formula is C16H25NO3. The highest BCUT2D eigenvalue weighted by atomic mass is 16.5. The van der Waals surface area contributed by atoms with Crippen LogP contribution in [0.15, 0.2) is 18.2 Å². The van der Waals surface area contributed by atoms with Crippen LogP contribution in [-0.2, 0) is 4.79 Å². The van der Waals surface area contributed by atoms with E-state index in [0.29, 0.717) is 6.42 Å². The summed E-state index contributed by atoms with van der Waals surface area (Å²) >= 11 is 0. The highest BCUT2D eigenvalue weighted by Gasteiger charge is 2.18. The molecule has 1 aromatic carbocycles. The second-order valence-electron chi connectivity index (χ2n) is 4.97. The monoisotopic (exact) mass is 279 g/mol. The Hall–Kier alpha value is -1.71. The minimum atomic E-state index is -0.274. The molecule has 4 nitrogen and oxygen atoms in total. The van der Waals surface area contributed by atoms with Crippen molar-refractivity contribution in [2.24, 2.45) is 5.73 Å². The Bertz CT molecular complexity index is 432. The Morgan fingerprint density at radius 1 is 1.25 bits per heavy atom. The van der Waals surface area contributed by atoms with Gasteiger partial charge in [0.25, 0.3) is 0 Å². The minimum Gasteiger partial charge on any atom is -0.497 e. The molecule has 1 aromatic rings. The first-order valence-electron chi connectivity index (χ1n) is 7.12. The molecule has 0 aliphatic rings. The van der Waals surface area contributed by atoms with Crippen molar-refractivity contribution in [1.82, 2.24) is 0 Å². The zero-order chi connectivity index (χ0) is 15.0. The Morgan fingerprint density at radius 2 is 2.00 bits per heavy atom. The molecule has 4 heteroatoms. The minimum absolute atomic E-state index is 0.111. The van der Waals surface area contributed by atoms with E-state index in [1.807, 2.05) is 18.2 Å². The molecule has 0 saturated carbocycles. The van der Waals surface area contributed by atoms with Crippen LogP contribution in [0.4, 0.5) is 0 Å². The van der Waals surface area contributed by atoms with E-state index in [0.717, 1.165) is 42.7 Å². The number of carbonyl (C=O) groups excluding carboxylic acids is 1. The van der Waals surface area contributed by atoms with E-state index < -0.39 is 0 Å². The van der Waals surface area contributed by atoms with E-state index >= 15 is 0 Å². The summed E-state index contributed by atoms with van der Waals surface area (Å²) in [5.41, 5.74) is 6.41. The molecule has 0 aromatic heterocycles. The average Bonchev–Trinajstić information content (AvgIpc) is 2.45. The van der Waals surface area contributed by atoms with E-state index in [2.05, 4.69) is 6.92 Å². The van der Waals surface area contributed by atoms with Gasteiger partial charge >= 0.3 is 0 Å². The fourth-order valence-corrected chi connectivity index (χ4v) is 2.41. The van der Waals surface area contributed by atoms with Crippen LogP contribution in [0.2, 0.25) is 0 Å². The Labute approximate surface area is 121 Å². The van der Waals surface area contributed by atoms with Crippen molar-refractivity contribution in [3.8, 4) is 11.5 Å². The van der Waals surface area contributed by atoms with Crippen LogP contribution >= 0.6 is 0 Å². The van der Waals surface area contributed by atoms with Crippen LogP contribution in [0.1, 0.15) is 50.5 Å². The molecule has 0 saturated heterocycles. The van der Waals surface area contributed by atoms with Crippen molar-refractivity contribution in [2.75, 3.05) is 14.2 Å². The van der Waals surface area contributed by atoms with E-state index in [9.17, 15) is 4.79 Å². The third-order valence-electron chi connectivity index (χ3n) is 3.48. The summed E-state index contributed by atoms with van der Waals surface area (Å²) in [7, 11) is 3.25. The summed E-state index contributed by atoms with van der Waals surface area (Å²) < 4.78 is 10.6. The quantitative estimate of drug-likeness (QED) is 0.706. The number of hydrogen-bond acceptors (Lipinski definition) is 3. The highest BCUT2D eigenvalue weighted by Crippen LogP contribution is 2.35. The van der Waals surface area contributed by atoms with Gasteiger partial charge in [-0.1, -0.05) is 32.3 Å². The molecule has 0 heterocycles. The summed E-state index contributed by atoms with van der Waals surface area (Å²) in [6, 6.07) is 5.71. The first-order valence-corrected chi connectivity index (χ1v) is 7.12. The smallest absolute Gasteiger partial charge is 0.218 e. The SMILES string of the molecule is CCCCCC(CC(N)=O)c1ccc(OC)cc1OC. The topological polar surface area (TPSA) is 61.6 Å². The van der Waals surface area contributed by atoms with Gasteiger partial charge in [-0.3, -0.25) is 4.79 Å². The summed E-state index contributed by atoms with van der Waals surface area (Å²) in [6.07, 6.45) is 4.70. The zero-order valence-electron chi connectivity index (χ0n) is 12.6. The summed E-state index contributed by atoms with van der Waals surface area (Å²) in [4.78, 5) is 11.3. The maximum absolute atomic E-state index is 11.3. The van der Waals surface area contributed by atoms with Crippen LogP contribution in [0.25, 0.3) is 0 Å². The number of rotatable bonds is 9. The van der Waals surface area contributed by atoms with Crippen molar-refractivity contribution < 1.29 is 14.3 Å². The molecule has 0 aliphatic heterocycles. The van der Waals surface area contributed by atoms with Gasteiger partial charge in [0.1, 0.15) is 11.5 Å². The molecular weight excluding hydrogens is 254 g/mol. The van der Waals surface area contributed by atoms with Crippen molar-refractivity contribution in [3.63, 3.8) is 0 Å². The zero-order valence-corrected chi connectivity index (χ0v) is 12.6. The standard InChI is InChI=1S/C16H25NO3/c1-4-5-6-7-12(10-16(17)18)14-9-8-13(19-2)11-15(14)20-3/h8-9,11-12H,4-7,10H2,1-3H3,(H2,17,18). The molecule has 1 atom stereocenters. The second kappa shape index (κ2) is 8.46. The lowest BCUT2D eigenvalue weighted by Gasteiger charge is -2.19. The van der Waals surface area contributed by atoms with Crippen LogP contribution in [0.5, 0.6) is 11.5 Å². The fraction of sp³-hybridized carbons (Fsp3) is 0.562. The largest absolute Gasteiger partial charge is 0.497 e. The molecule has 0 bridgehead atoms. The summed E-state index contributed by atoms with van der Waals surface area (Å²) in [5.74, 6) is 1.34. The summed E-state index contributed by atoms with van der Waals surface area (Å²) in [6.45, 7) is 2.16. The van der Waals surface area contributed by atoms with Gasteiger partial charge < -0.3 is 15.2 Å². The van der Waals surface area contributed by atoms with Crippen LogP contribution < -0.4 is 15.2 Å². The Morgan fingerprint density at radius 3 is 2.55 bits per heavy atom. The summed E-state index contributed by atoms with van der Waals surface area (Å²) in [5, 5.41) is 0. The van der Waals surface area contributed by atoms with Crippen LogP contribution in [0, 0.1) is 0 Å². The number of carbonyl (C=O) groups is 1. The molecule has 0 radical (unpaired) electrons. The van der Waals surface area contributed by atoms with Crippen molar-refractivity contribution >= 4 is 5.91 Å². The predicted octanol–water partition coefficient (Wildman–Crippen LogP) is 3.24. The number of ether oxygens (including phenoxy) is 2. The van der Waals surface area contributed by atoms with Gasteiger partial charge in [0.2, 0.25) is 5.91 Å².